The van der Waals surface area contributed by atoms with Crippen molar-refractivity contribution in [2.75, 3.05) is 52.6 Å². The van der Waals surface area contributed by atoms with Crippen LogP contribution in [0.2, 0.25) is 0 Å². The van der Waals surface area contributed by atoms with E-state index in [1.807, 2.05) is 24.3 Å². The summed E-state index contributed by atoms with van der Waals surface area (Å²) in [5, 5.41) is 0. The fourth-order valence-corrected chi connectivity index (χ4v) is 7.54. The Labute approximate surface area is 171 Å². The van der Waals surface area contributed by atoms with Crippen molar-refractivity contribution in [2.24, 2.45) is 4.99 Å². The molecule has 0 spiro atoms. The number of benzene rings is 1. The van der Waals surface area contributed by atoms with Crippen LogP contribution in [0.15, 0.2) is 45.8 Å². The van der Waals surface area contributed by atoms with Gasteiger partial charge in [0, 0.05) is 26.2 Å². The lowest BCUT2D eigenvalue weighted by molar-refractivity contribution is 0.0586. The van der Waals surface area contributed by atoms with Gasteiger partial charge in [0.2, 0.25) is 0 Å². The first-order valence-electron chi connectivity index (χ1n) is 9.64. The van der Waals surface area contributed by atoms with Crippen molar-refractivity contribution in [1.29, 1.82) is 0 Å². The Morgan fingerprint density at radius 1 is 0.893 bits per heavy atom. The molecule has 0 radical (unpaired) electrons. The smallest absolute Gasteiger partial charge is 0.165 e. The molecule has 1 aromatic carbocycles. The first-order valence-corrected chi connectivity index (χ1v) is 12.3. The Morgan fingerprint density at radius 3 is 2.04 bits per heavy atom. The molecule has 3 heterocycles. The number of aliphatic imine (C=N–C) groups is 1. The van der Waals surface area contributed by atoms with Crippen LogP contribution in [0.3, 0.4) is 0 Å². The normalized spacial score (nSPS) is 20.0. The predicted molar refractivity (Wildman–Crippen MR) is 116 cm³/mol. The molecule has 2 aromatic rings. The molecular weight excluding hydrogens is 393 g/mol. The van der Waals surface area contributed by atoms with Crippen LogP contribution in [-0.4, -0.2) is 68.2 Å². The average Bonchev–Trinajstić information content (AvgIpc) is 3.24. The third-order valence-electron chi connectivity index (χ3n) is 5.02. The van der Waals surface area contributed by atoms with Crippen LogP contribution < -0.4 is 5.50 Å². The van der Waals surface area contributed by atoms with Gasteiger partial charge < -0.3 is 13.9 Å². The Bertz CT molecular complexity index is 834. The Balaban J connectivity index is 1.59. The second-order valence-corrected chi connectivity index (χ2v) is 11.1. The predicted octanol–water partition coefficient (Wildman–Crippen LogP) is 2.94. The van der Waals surface area contributed by atoms with Crippen molar-refractivity contribution in [2.45, 2.75) is 6.92 Å². The highest BCUT2D eigenvalue weighted by Crippen LogP contribution is 2.53. The van der Waals surface area contributed by atoms with Crippen molar-refractivity contribution in [3.05, 3.63) is 47.7 Å². The van der Waals surface area contributed by atoms with Crippen molar-refractivity contribution < 1.29 is 13.9 Å². The molecule has 28 heavy (non-hydrogen) atoms. The maximum atomic E-state index is 6.33. The first kappa shape index (κ1) is 20.0. The SMILES string of the molecule is Cc1ccc(N=Cc2ccc(P(=S)(N3CCOCC3)N3CCOCC3)o2)cc1. The number of ether oxygens (including phenoxy) is 2. The summed E-state index contributed by atoms with van der Waals surface area (Å²) in [6.07, 6.45) is -0.422. The molecule has 2 aliphatic rings. The topological polar surface area (TPSA) is 50.4 Å². The number of aryl methyl sites for hydroxylation is 1. The maximum Gasteiger partial charge on any atom is 0.165 e. The van der Waals surface area contributed by atoms with E-state index in [2.05, 4.69) is 33.4 Å². The molecule has 150 valence electrons. The second kappa shape index (κ2) is 8.99. The van der Waals surface area contributed by atoms with Gasteiger partial charge in [0.25, 0.3) is 0 Å². The minimum absolute atomic E-state index is 0.713. The van der Waals surface area contributed by atoms with Gasteiger partial charge in [-0.15, -0.1) is 0 Å². The van der Waals surface area contributed by atoms with E-state index in [-0.39, 0.29) is 0 Å². The highest BCUT2D eigenvalue weighted by atomic mass is 32.4. The quantitative estimate of drug-likeness (QED) is 0.549. The van der Waals surface area contributed by atoms with Crippen LogP contribution in [0.25, 0.3) is 0 Å². The molecule has 1 aromatic heterocycles. The number of hydrogen-bond acceptors (Lipinski definition) is 5. The van der Waals surface area contributed by atoms with Gasteiger partial charge in [0.1, 0.15) is 12.1 Å². The van der Waals surface area contributed by atoms with E-state index < -0.39 is 6.34 Å². The molecule has 0 aliphatic carbocycles. The fourth-order valence-electron chi connectivity index (χ4n) is 3.44. The van der Waals surface area contributed by atoms with Crippen molar-refractivity contribution >= 4 is 35.5 Å². The summed E-state index contributed by atoms with van der Waals surface area (Å²) in [6.45, 7) is 8.26. The molecule has 6 nitrogen and oxygen atoms in total. The van der Waals surface area contributed by atoms with E-state index in [1.54, 1.807) is 6.21 Å². The Hall–Kier alpha value is -1.34. The first-order chi connectivity index (χ1) is 13.7. The molecule has 8 heteroatoms. The third-order valence-corrected chi connectivity index (χ3v) is 10.1. The summed E-state index contributed by atoms with van der Waals surface area (Å²) in [5.74, 6) is 0.728. The molecule has 0 saturated carbocycles. The lowest BCUT2D eigenvalue weighted by atomic mass is 10.2. The Morgan fingerprint density at radius 2 is 1.46 bits per heavy atom. The lowest BCUT2D eigenvalue weighted by Crippen LogP contribution is -2.45. The monoisotopic (exact) mass is 419 g/mol. The van der Waals surface area contributed by atoms with E-state index in [1.165, 1.54) is 5.56 Å². The van der Waals surface area contributed by atoms with Gasteiger partial charge in [0.05, 0.1) is 38.3 Å². The van der Waals surface area contributed by atoms with Crippen LogP contribution in [-0.2, 0) is 21.3 Å². The summed E-state index contributed by atoms with van der Waals surface area (Å²) >= 11 is 6.33. The number of morpholine rings is 2. The van der Waals surface area contributed by atoms with Crippen LogP contribution >= 0.6 is 6.34 Å². The van der Waals surface area contributed by atoms with E-state index in [0.29, 0.717) is 26.4 Å². The summed E-state index contributed by atoms with van der Waals surface area (Å²) in [7, 11) is 0. The zero-order valence-corrected chi connectivity index (χ0v) is 17.8. The van der Waals surface area contributed by atoms with Crippen molar-refractivity contribution in [1.82, 2.24) is 9.34 Å². The van der Waals surface area contributed by atoms with Gasteiger partial charge in [-0.3, -0.25) is 14.3 Å². The summed E-state index contributed by atoms with van der Waals surface area (Å²) < 4.78 is 22.1. The van der Waals surface area contributed by atoms with Crippen LogP contribution in [0, 0.1) is 6.92 Å². The molecule has 0 amide bonds. The zero-order valence-electron chi connectivity index (χ0n) is 16.1. The minimum atomic E-state index is -2.19. The standard InChI is InChI=1S/C20H26N3O3PS/c1-17-2-4-18(5-3-17)21-16-19-6-7-20(26-19)27(28,22-8-12-24-13-9-22)23-10-14-25-15-11-23/h2-7,16H,8-15H2,1H3. The number of hydrogen-bond donors (Lipinski definition) is 0. The van der Waals surface area contributed by atoms with E-state index >= 15 is 0 Å². The molecular formula is C20H26N3O3PS. The average molecular weight is 419 g/mol. The van der Waals surface area contributed by atoms with Gasteiger partial charge >= 0.3 is 0 Å². The van der Waals surface area contributed by atoms with Crippen LogP contribution in [0.1, 0.15) is 11.3 Å². The summed E-state index contributed by atoms with van der Waals surface area (Å²) in [6, 6.07) is 12.1. The van der Waals surface area contributed by atoms with Gasteiger partial charge in [-0.2, -0.15) is 0 Å². The highest BCUT2D eigenvalue weighted by molar-refractivity contribution is 8.15. The fraction of sp³-hybridized carbons (Fsp3) is 0.450. The van der Waals surface area contributed by atoms with Gasteiger partial charge in [-0.05, 0) is 31.2 Å². The van der Waals surface area contributed by atoms with E-state index in [0.717, 1.165) is 43.1 Å². The zero-order chi connectivity index (χ0) is 19.4. The molecule has 0 bridgehead atoms. The Kier molecular flexibility index (Phi) is 6.41. The maximum absolute atomic E-state index is 6.33. The highest BCUT2D eigenvalue weighted by Gasteiger charge is 2.38. The summed E-state index contributed by atoms with van der Waals surface area (Å²) in [4.78, 5) is 4.53. The molecule has 0 atom stereocenters. The molecule has 2 aliphatic heterocycles. The van der Waals surface area contributed by atoms with E-state index in [9.17, 15) is 0 Å². The minimum Gasteiger partial charge on any atom is -0.452 e. The number of furan rings is 1. The molecule has 2 saturated heterocycles. The van der Waals surface area contributed by atoms with Gasteiger partial charge in [0.15, 0.2) is 5.50 Å². The molecule has 0 N–H and O–H groups in total. The van der Waals surface area contributed by atoms with E-state index in [4.69, 9.17) is 25.7 Å². The molecule has 0 unspecified atom stereocenters. The number of rotatable bonds is 5. The third kappa shape index (κ3) is 4.30. The lowest BCUT2D eigenvalue weighted by Gasteiger charge is -2.44. The van der Waals surface area contributed by atoms with Gasteiger partial charge in [-0.1, -0.05) is 29.5 Å². The van der Waals surface area contributed by atoms with Crippen LogP contribution in [0.4, 0.5) is 5.69 Å². The van der Waals surface area contributed by atoms with Gasteiger partial charge in [-0.25, -0.2) is 0 Å². The largest absolute Gasteiger partial charge is 0.452 e. The second-order valence-electron chi connectivity index (χ2n) is 6.95. The van der Waals surface area contributed by atoms with Crippen molar-refractivity contribution in [3.63, 3.8) is 0 Å². The number of nitrogens with zero attached hydrogens (tertiary/aromatic N) is 3. The molecule has 4 rings (SSSR count). The van der Waals surface area contributed by atoms with Crippen molar-refractivity contribution in [3.8, 4) is 0 Å². The summed E-state index contributed by atoms with van der Waals surface area (Å²) in [5.41, 5.74) is 3.00. The van der Waals surface area contributed by atoms with Crippen LogP contribution in [0.5, 0.6) is 0 Å². The molecule has 2 fully saturated rings.